The first-order valence-electron chi connectivity index (χ1n) is 6.91. The average molecular weight is 310 g/mol. The highest BCUT2D eigenvalue weighted by molar-refractivity contribution is 5.89. The third-order valence-corrected chi connectivity index (χ3v) is 3.17. The molecule has 0 amide bonds. The number of aromatic nitrogens is 3. The van der Waals surface area contributed by atoms with Crippen LogP contribution in [-0.4, -0.2) is 28.3 Å². The molecule has 0 saturated carbocycles. The summed E-state index contributed by atoms with van der Waals surface area (Å²) in [5.74, 6) is 0.0688. The van der Waals surface area contributed by atoms with Gasteiger partial charge in [-0.25, -0.2) is 4.79 Å². The van der Waals surface area contributed by atoms with Crippen LogP contribution >= 0.6 is 0 Å². The summed E-state index contributed by atoms with van der Waals surface area (Å²) in [4.78, 5) is 15.3. The molecule has 0 saturated heterocycles. The van der Waals surface area contributed by atoms with Crippen molar-refractivity contribution in [3.8, 4) is 11.5 Å². The Hall–Kier alpha value is -3.22. The third kappa shape index (κ3) is 3.52. The lowest BCUT2D eigenvalue weighted by atomic mass is 10.1. The van der Waals surface area contributed by atoms with E-state index in [1.54, 1.807) is 36.7 Å². The van der Waals surface area contributed by atoms with Crippen LogP contribution < -0.4 is 5.32 Å². The van der Waals surface area contributed by atoms with E-state index < -0.39 is 0 Å². The van der Waals surface area contributed by atoms with Crippen molar-refractivity contribution in [2.75, 3.05) is 12.4 Å². The van der Waals surface area contributed by atoms with Crippen LogP contribution in [0, 0.1) is 0 Å². The van der Waals surface area contributed by atoms with Crippen molar-refractivity contribution >= 4 is 12.0 Å². The lowest BCUT2D eigenvalue weighted by Crippen LogP contribution is -2.03. The number of nitrogens with zero attached hydrogens (tertiary/aromatic N) is 3. The predicted octanol–water partition coefficient (Wildman–Crippen LogP) is 2.53. The highest BCUT2D eigenvalue weighted by Gasteiger charge is 2.08. The van der Waals surface area contributed by atoms with Crippen LogP contribution in [0.4, 0.5) is 6.01 Å². The van der Waals surface area contributed by atoms with Crippen LogP contribution in [-0.2, 0) is 11.3 Å². The number of methoxy groups -OCH3 is 1. The maximum Gasteiger partial charge on any atom is 0.337 e. The van der Waals surface area contributed by atoms with E-state index in [1.165, 1.54) is 7.11 Å². The number of rotatable bonds is 5. The molecule has 3 rings (SSSR count). The smallest absolute Gasteiger partial charge is 0.337 e. The SMILES string of the molecule is COC(=O)c1ccc(CNc2nnc(-c3ccncc3)o2)cc1. The topological polar surface area (TPSA) is 90.1 Å². The molecular formula is C16H14N4O3. The zero-order chi connectivity index (χ0) is 16.1. The van der Waals surface area contributed by atoms with Gasteiger partial charge < -0.3 is 14.5 Å². The number of hydrogen-bond acceptors (Lipinski definition) is 7. The van der Waals surface area contributed by atoms with Gasteiger partial charge in [-0.05, 0) is 29.8 Å². The van der Waals surface area contributed by atoms with Crippen molar-refractivity contribution in [3.05, 3.63) is 59.9 Å². The first-order valence-corrected chi connectivity index (χ1v) is 6.91. The number of anilines is 1. The molecule has 1 aromatic carbocycles. The molecule has 0 radical (unpaired) electrons. The molecule has 0 unspecified atom stereocenters. The highest BCUT2D eigenvalue weighted by atomic mass is 16.5. The Bertz CT molecular complexity index is 785. The number of hydrogen-bond donors (Lipinski definition) is 1. The van der Waals surface area contributed by atoms with Crippen LogP contribution in [0.15, 0.2) is 53.2 Å². The van der Waals surface area contributed by atoms with Gasteiger partial charge in [0.1, 0.15) is 0 Å². The van der Waals surface area contributed by atoms with E-state index in [0.717, 1.165) is 11.1 Å². The Balaban J connectivity index is 1.63. The summed E-state index contributed by atoms with van der Waals surface area (Å²) in [5.41, 5.74) is 2.29. The number of carbonyl (C=O) groups excluding carboxylic acids is 1. The Morgan fingerprint density at radius 3 is 2.57 bits per heavy atom. The van der Waals surface area contributed by atoms with E-state index in [9.17, 15) is 4.79 Å². The van der Waals surface area contributed by atoms with Gasteiger partial charge in [-0.15, -0.1) is 5.10 Å². The van der Waals surface area contributed by atoms with Crippen LogP contribution in [0.5, 0.6) is 0 Å². The van der Waals surface area contributed by atoms with Crippen molar-refractivity contribution in [1.82, 2.24) is 15.2 Å². The molecule has 1 N–H and O–H groups in total. The second-order valence-electron chi connectivity index (χ2n) is 4.69. The molecule has 3 aromatic rings. The number of pyridine rings is 1. The van der Waals surface area contributed by atoms with Crippen molar-refractivity contribution in [1.29, 1.82) is 0 Å². The molecule has 0 atom stereocenters. The Labute approximate surface area is 132 Å². The fourth-order valence-electron chi connectivity index (χ4n) is 1.96. The standard InChI is InChI=1S/C16H14N4O3/c1-22-15(21)13-4-2-11(3-5-13)10-18-16-20-19-14(23-16)12-6-8-17-9-7-12/h2-9H,10H2,1H3,(H,18,20). The minimum absolute atomic E-state index is 0.328. The fraction of sp³-hybridized carbons (Fsp3) is 0.125. The summed E-state index contributed by atoms with van der Waals surface area (Å²) in [6, 6.07) is 11.0. The summed E-state index contributed by atoms with van der Waals surface area (Å²) in [7, 11) is 1.35. The van der Waals surface area contributed by atoms with Crippen molar-refractivity contribution in [2.45, 2.75) is 6.54 Å². The fourth-order valence-corrected chi connectivity index (χ4v) is 1.96. The normalized spacial score (nSPS) is 10.3. The summed E-state index contributed by atoms with van der Waals surface area (Å²) >= 11 is 0. The quantitative estimate of drug-likeness (QED) is 0.724. The van der Waals surface area contributed by atoms with E-state index >= 15 is 0 Å². The predicted molar refractivity (Wildman–Crippen MR) is 82.6 cm³/mol. The first-order chi connectivity index (χ1) is 11.3. The van der Waals surface area contributed by atoms with Crippen LogP contribution in [0.25, 0.3) is 11.5 Å². The first kappa shape index (κ1) is 14.7. The molecule has 116 valence electrons. The monoisotopic (exact) mass is 310 g/mol. The number of benzene rings is 1. The van der Waals surface area contributed by atoms with Gasteiger partial charge in [-0.2, -0.15) is 0 Å². The van der Waals surface area contributed by atoms with Crippen molar-refractivity contribution < 1.29 is 13.9 Å². The molecule has 0 aliphatic carbocycles. The number of nitrogens with one attached hydrogen (secondary N) is 1. The summed E-state index contributed by atoms with van der Waals surface area (Å²) < 4.78 is 10.2. The second-order valence-corrected chi connectivity index (χ2v) is 4.69. The molecule has 0 fully saturated rings. The van der Waals surface area contributed by atoms with E-state index in [2.05, 4.69) is 25.2 Å². The highest BCUT2D eigenvalue weighted by Crippen LogP contribution is 2.19. The summed E-state index contributed by atoms with van der Waals surface area (Å²) in [6.07, 6.45) is 3.32. The molecule has 0 spiro atoms. The molecule has 0 aliphatic heterocycles. The number of esters is 1. The Kier molecular flexibility index (Phi) is 4.28. The van der Waals surface area contributed by atoms with Crippen LogP contribution in [0.3, 0.4) is 0 Å². The Morgan fingerprint density at radius 1 is 1.13 bits per heavy atom. The van der Waals surface area contributed by atoms with Gasteiger partial charge in [0.2, 0.25) is 5.89 Å². The maximum atomic E-state index is 11.4. The maximum absolute atomic E-state index is 11.4. The van der Waals surface area contributed by atoms with E-state index in [4.69, 9.17) is 4.42 Å². The third-order valence-electron chi connectivity index (χ3n) is 3.17. The summed E-state index contributed by atoms with van der Waals surface area (Å²) in [5, 5.41) is 11.0. The van der Waals surface area contributed by atoms with Crippen LogP contribution in [0.1, 0.15) is 15.9 Å². The number of ether oxygens (including phenoxy) is 1. The zero-order valence-corrected chi connectivity index (χ0v) is 12.4. The molecule has 0 aliphatic rings. The summed E-state index contributed by atoms with van der Waals surface area (Å²) in [6.45, 7) is 0.499. The van der Waals surface area contributed by atoms with Gasteiger partial charge >= 0.3 is 12.0 Å². The minimum Gasteiger partial charge on any atom is -0.465 e. The minimum atomic E-state index is -0.358. The molecule has 2 aromatic heterocycles. The molecule has 2 heterocycles. The molecule has 23 heavy (non-hydrogen) atoms. The average Bonchev–Trinajstić information content (AvgIpc) is 3.09. The largest absolute Gasteiger partial charge is 0.465 e. The van der Waals surface area contributed by atoms with Gasteiger partial charge in [0.15, 0.2) is 0 Å². The second kappa shape index (κ2) is 6.69. The van der Waals surface area contributed by atoms with Gasteiger partial charge in [0.25, 0.3) is 0 Å². The lowest BCUT2D eigenvalue weighted by Gasteiger charge is -2.03. The van der Waals surface area contributed by atoms with Crippen LogP contribution in [0.2, 0.25) is 0 Å². The van der Waals surface area contributed by atoms with Crippen molar-refractivity contribution in [3.63, 3.8) is 0 Å². The van der Waals surface area contributed by atoms with Gasteiger partial charge in [-0.3, -0.25) is 4.98 Å². The number of carbonyl (C=O) groups is 1. The molecule has 0 bridgehead atoms. The van der Waals surface area contributed by atoms with Gasteiger partial charge in [-0.1, -0.05) is 17.2 Å². The van der Waals surface area contributed by atoms with E-state index in [0.29, 0.717) is 24.0 Å². The Morgan fingerprint density at radius 2 is 1.87 bits per heavy atom. The zero-order valence-electron chi connectivity index (χ0n) is 12.4. The lowest BCUT2D eigenvalue weighted by molar-refractivity contribution is 0.0600. The molecule has 7 heteroatoms. The van der Waals surface area contributed by atoms with E-state index in [-0.39, 0.29) is 5.97 Å². The van der Waals surface area contributed by atoms with Gasteiger partial charge in [0.05, 0.1) is 12.7 Å². The molecular weight excluding hydrogens is 296 g/mol. The van der Waals surface area contributed by atoms with E-state index in [1.807, 2.05) is 12.1 Å². The van der Waals surface area contributed by atoms with Gasteiger partial charge in [0, 0.05) is 24.5 Å². The molecule has 7 nitrogen and oxygen atoms in total. The van der Waals surface area contributed by atoms with Crippen molar-refractivity contribution in [2.24, 2.45) is 0 Å².